The highest BCUT2D eigenvalue weighted by molar-refractivity contribution is 6.36. The minimum atomic E-state index is -0.708. The van der Waals surface area contributed by atoms with Gasteiger partial charge in [-0.2, -0.15) is 4.98 Å². The van der Waals surface area contributed by atoms with Crippen LogP contribution >= 0.6 is 11.6 Å². The molecule has 2 aromatic carbocycles. The minimum Gasteiger partial charge on any atom is -0.352 e. The number of pyridine rings is 1. The van der Waals surface area contributed by atoms with Crippen molar-refractivity contribution >= 4 is 45.0 Å². The molecular weight excluding hydrogens is 476 g/mol. The van der Waals surface area contributed by atoms with E-state index in [9.17, 15) is 14.0 Å². The molecule has 2 aromatic heterocycles. The summed E-state index contributed by atoms with van der Waals surface area (Å²) in [6.07, 6.45) is 3.86. The summed E-state index contributed by atoms with van der Waals surface area (Å²) in [5.74, 6) is -0.665. The fraction of sp³-hybridized carbons (Fsp3) is 0.200. The Balaban J connectivity index is 1.54. The third-order valence-corrected chi connectivity index (χ3v) is 6.36. The Hall–Kier alpha value is -3.85. The van der Waals surface area contributed by atoms with Crippen LogP contribution in [0.15, 0.2) is 59.5 Å². The first-order valence-corrected chi connectivity index (χ1v) is 11.4. The molecule has 0 bridgehead atoms. The van der Waals surface area contributed by atoms with Gasteiger partial charge in [0.2, 0.25) is 5.91 Å². The number of benzene rings is 2. The zero-order chi connectivity index (χ0) is 24.5. The van der Waals surface area contributed by atoms with Crippen LogP contribution in [-0.4, -0.2) is 58.6 Å². The van der Waals surface area contributed by atoms with Crippen molar-refractivity contribution in [3.63, 3.8) is 0 Å². The molecule has 4 aromatic rings. The highest BCUT2D eigenvalue weighted by Crippen LogP contribution is 2.36. The first-order valence-electron chi connectivity index (χ1n) is 11.0. The van der Waals surface area contributed by atoms with E-state index in [-0.39, 0.29) is 17.1 Å². The lowest BCUT2D eigenvalue weighted by Crippen LogP contribution is -2.49. The maximum absolute atomic E-state index is 15.8. The molecule has 1 fully saturated rings. The van der Waals surface area contributed by atoms with Crippen LogP contribution in [0, 0.1) is 5.82 Å². The summed E-state index contributed by atoms with van der Waals surface area (Å²) < 4.78 is 28.1. The van der Waals surface area contributed by atoms with E-state index in [2.05, 4.69) is 15.0 Å². The number of alkyl halides is 1. The number of hydrogen-bond donors (Lipinski definition) is 1. The van der Waals surface area contributed by atoms with E-state index in [1.165, 1.54) is 12.3 Å². The summed E-state index contributed by atoms with van der Waals surface area (Å²) >= 11 is 6.42. The maximum atomic E-state index is 15.8. The van der Waals surface area contributed by atoms with Gasteiger partial charge >= 0.3 is 5.69 Å². The number of aromatic amines is 1. The van der Waals surface area contributed by atoms with Gasteiger partial charge in [-0.05, 0) is 17.5 Å². The number of allylic oxidation sites excluding steroid dienone is 1. The highest BCUT2D eigenvalue weighted by atomic mass is 35.5. The molecule has 1 saturated heterocycles. The molecule has 0 unspecified atom stereocenters. The Labute approximate surface area is 203 Å². The fourth-order valence-electron chi connectivity index (χ4n) is 4.38. The van der Waals surface area contributed by atoms with Gasteiger partial charge in [-0.3, -0.25) is 9.78 Å². The monoisotopic (exact) mass is 495 g/mol. The molecule has 1 aliphatic heterocycles. The third-order valence-electron chi connectivity index (χ3n) is 6.05. The van der Waals surface area contributed by atoms with Crippen molar-refractivity contribution in [2.75, 3.05) is 37.8 Å². The first kappa shape index (κ1) is 22.9. The van der Waals surface area contributed by atoms with Gasteiger partial charge in [0.25, 0.3) is 0 Å². The van der Waals surface area contributed by atoms with E-state index in [1.54, 1.807) is 23.1 Å². The largest absolute Gasteiger partial charge is 0.352 e. The molecule has 0 aliphatic carbocycles. The second-order valence-electron chi connectivity index (χ2n) is 8.09. The number of carbonyl (C=O) groups excluding carboxylic acids is 1. The molecule has 5 rings (SSSR count). The Morgan fingerprint density at radius 3 is 2.63 bits per heavy atom. The zero-order valence-electron chi connectivity index (χ0n) is 18.5. The quantitative estimate of drug-likeness (QED) is 0.431. The summed E-state index contributed by atoms with van der Waals surface area (Å²) in [6.45, 7) is 0.758. The number of rotatable bonds is 4. The van der Waals surface area contributed by atoms with Gasteiger partial charge in [0.15, 0.2) is 5.82 Å². The lowest BCUT2D eigenvalue weighted by atomic mass is 10.0. The van der Waals surface area contributed by atoms with Crippen molar-refractivity contribution in [3.8, 4) is 11.3 Å². The molecule has 1 amide bonds. The average molecular weight is 496 g/mol. The van der Waals surface area contributed by atoms with Crippen molar-refractivity contribution in [1.82, 2.24) is 19.9 Å². The zero-order valence-corrected chi connectivity index (χ0v) is 19.2. The molecule has 1 aliphatic rings. The number of halogens is 3. The Kier molecular flexibility index (Phi) is 6.17. The van der Waals surface area contributed by atoms with Crippen molar-refractivity contribution < 1.29 is 13.6 Å². The number of nitrogens with zero attached hydrogens (tertiary/aromatic N) is 4. The predicted molar refractivity (Wildman–Crippen MR) is 132 cm³/mol. The molecular formula is C25H20ClF2N5O2. The number of hydrogen-bond acceptors (Lipinski definition) is 5. The summed E-state index contributed by atoms with van der Waals surface area (Å²) in [5, 5.41) is 2.34. The van der Waals surface area contributed by atoms with Gasteiger partial charge in [0.05, 0.1) is 10.9 Å². The van der Waals surface area contributed by atoms with Crippen molar-refractivity contribution in [3.05, 3.63) is 76.1 Å². The van der Waals surface area contributed by atoms with Crippen LogP contribution < -0.4 is 10.6 Å². The first-order chi connectivity index (χ1) is 17.0. The molecule has 7 nitrogen and oxygen atoms in total. The Morgan fingerprint density at radius 1 is 1.14 bits per heavy atom. The van der Waals surface area contributed by atoms with Crippen LogP contribution in [0.25, 0.3) is 32.9 Å². The molecule has 0 atom stereocenters. The van der Waals surface area contributed by atoms with Crippen LogP contribution in [0.1, 0.15) is 0 Å². The van der Waals surface area contributed by atoms with Crippen molar-refractivity contribution in [2.45, 2.75) is 0 Å². The number of fused-ring (bicyclic) bond motifs is 2. The van der Waals surface area contributed by atoms with Crippen LogP contribution in [0.5, 0.6) is 0 Å². The highest BCUT2D eigenvalue weighted by Gasteiger charge is 2.24. The summed E-state index contributed by atoms with van der Waals surface area (Å²) in [4.78, 5) is 38.9. The second-order valence-corrected chi connectivity index (χ2v) is 8.49. The van der Waals surface area contributed by atoms with E-state index < -0.39 is 18.2 Å². The van der Waals surface area contributed by atoms with Crippen molar-refractivity contribution in [2.24, 2.45) is 0 Å². The SMILES string of the molecule is O=C(/C=C/CF)N1CCN(c2nc(=O)[nH]c3c(F)c(-c4cccc5cccc(Cl)c45)ncc23)CC1. The molecule has 35 heavy (non-hydrogen) atoms. The molecule has 0 saturated carbocycles. The Morgan fingerprint density at radius 2 is 1.89 bits per heavy atom. The number of aromatic nitrogens is 3. The number of piperazine rings is 1. The van der Waals surface area contributed by atoms with E-state index in [4.69, 9.17) is 11.6 Å². The van der Waals surface area contributed by atoms with Crippen LogP contribution in [-0.2, 0) is 4.79 Å². The van der Waals surface area contributed by atoms with Crippen LogP contribution in [0.4, 0.5) is 14.6 Å². The number of nitrogens with one attached hydrogen (secondary N) is 1. The number of carbonyl (C=O) groups is 1. The predicted octanol–water partition coefficient (Wildman–Crippen LogP) is 4.11. The van der Waals surface area contributed by atoms with Crippen molar-refractivity contribution in [1.29, 1.82) is 0 Å². The lowest BCUT2D eigenvalue weighted by molar-refractivity contribution is -0.126. The summed E-state index contributed by atoms with van der Waals surface area (Å²) in [6, 6.07) is 10.8. The standard InChI is InChI=1S/C25H20ClF2N5O2/c26-18-7-2-5-15-4-1-6-16(20(15)18)22-21(28)23-17(14-29-22)24(31-25(35)30-23)33-12-10-32(11-13-33)19(34)8-3-9-27/h1-8,14H,9-13H2,(H,30,31,35)/b8-3+. The smallest absolute Gasteiger partial charge is 0.347 e. The second kappa shape index (κ2) is 9.42. The normalized spacial score (nSPS) is 14.4. The number of anilines is 1. The van der Waals surface area contributed by atoms with E-state index in [0.717, 1.165) is 11.5 Å². The van der Waals surface area contributed by atoms with Crippen LogP contribution in [0.3, 0.4) is 0 Å². The van der Waals surface area contributed by atoms with Gasteiger partial charge in [0.1, 0.15) is 18.2 Å². The molecule has 0 radical (unpaired) electrons. The third kappa shape index (κ3) is 4.23. The van der Waals surface area contributed by atoms with Crippen LogP contribution in [0.2, 0.25) is 5.02 Å². The Bertz CT molecular complexity index is 1520. The van der Waals surface area contributed by atoms with E-state index in [1.807, 2.05) is 23.1 Å². The molecule has 10 heteroatoms. The van der Waals surface area contributed by atoms with Gasteiger partial charge < -0.3 is 14.8 Å². The number of amides is 1. The van der Waals surface area contributed by atoms with E-state index >= 15 is 4.39 Å². The van der Waals surface area contributed by atoms with Gasteiger partial charge in [-0.25, -0.2) is 13.6 Å². The summed E-state index contributed by atoms with van der Waals surface area (Å²) in [7, 11) is 0. The van der Waals surface area contributed by atoms with Gasteiger partial charge in [0, 0.05) is 54.4 Å². The molecule has 1 N–H and O–H groups in total. The van der Waals surface area contributed by atoms with Gasteiger partial charge in [-0.15, -0.1) is 0 Å². The lowest BCUT2D eigenvalue weighted by Gasteiger charge is -2.35. The topological polar surface area (TPSA) is 82.2 Å². The minimum absolute atomic E-state index is 0.00144. The number of H-pyrrole nitrogens is 1. The molecule has 0 spiro atoms. The van der Waals surface area contributed by atoms with E-state index in [0.29, 0.717) is 53.4 Å². The fourth-order valence-corrected chi connectivity index (χ4v) is 4.66. The molecule has 3 heterocycles. The van der Waals surface area contributed by atoms with Gasteiger partial charge in [-0.1, -0.05) is 41.9 Å². The molecule has 178 valence electrons. The summed E-state index contributed by atoms with van der Waals surface area (Å²) in [5.41, 5.74) is -0.110. The maximum Gasteiger partial charge on any atom is 0.347 e. The average Bonchev–Trinajstić information content (AvgIpc) is 2.87.